The summed E-state index contributed by atoms with van der Waals surface area (Å²) in [5, 5.41) is 11.1. The SMILES string of the molecule is C[C@H]1CCC[C@@](C)(CCCCCN2C(=O)C(Cc3ccnc(C(=N)N)n3)Sc3ccccc32)N1. The van der Waals surface area contributed by atoms with Crippen molar-refractivity contribution in [1.82, 2.24) is 15.3 Å². The summed E-state index contributed by atoms with van der Waals surface area (Å²) in [7, 11) is 0. The highest BCUT2D eigenvalue weighted by molar-refractivity contribution is 8.01. The predicted molar refractivity (Wildman–Crippen MR) is 139 cm³/mol. The number of para-hydroxylation sites is 1. The molecule has 34 heavy (non-hydrogen) atoms. The molecule has 1 unspecified atom stereocenters. The largest absolute Gasteiger partial charge is 0.381 e. The summed E-state index contributed by atoms with van der Waals surface area (Å²) in [6.07, 6.45) is 10.4. The van der Waals surface area contributed by atoms with Gasteiger partial charge in [0, 0.05) is 41.3 Å². The molecule has 1 fully saturated rings. The van der Waals surface area contributed by atoms with E-state index in [-0.39, 0.29) is 28.4 Å². The van der Waals surface area contributed by atoms with Gasteiger partial charge in [0.2, 0.25) is 5.91 Å². The number of nitrogens with one attached hydrogen (secondary N) is 2. The molecule has 3 heterocycles. The molecular weight excluding hydrogens is 444 g/mol. The normalized spacial score (nSPS) is 24.6. The lowest BCUT2D eigenvalue weighted by Crippen LogP contribution is -2.50. The van der Waals surface area contributed by atoms with E-state index in [2.05, 4.69) is 35.2 Å². The van der Waals surface area contributed by atoms with Gasteiger partial charge in [0.1, 0.15) is 0 Å². The van der Waals surface area contributed by atoms with Crippen LogP contribution in [0.25, 0.3) is 0 Å². The molecular formula is C26H36N6OS. The van der Waals surface area contributed by atoms with E-state index in [1.807, 2.05) is 23.1 Å². The van der Waals surface area contributed by atoms with E-state index >= 15 is 0 Å². The lowest BCUT2D eigenvalue weighted by molar-refractivity contribution is -0.118. The van der Waals surface area contributed by atoms with Gasteiger partial charge in [-0.2, -0.15) is 0 Å². The number of nitrogens with two attached hydrogens (primary N) is 1. The lowest BCUT2D eigenvalue weighted by Gasteiger charge is -2.39. The van der Waals surface area contributed by atoms with E-state index in [1.54, 1.807) is 24.0 Å². The molecule has 4 N–H and O–H groups in total. The second-order valence-corrected chi connectivity index (χ2v) is 11.1. The van der Waals surface area contributed by atoms with Crippen molar-refractivity contribution in [1.29, 1.82) is 5.41 Å². The summed E-state index contributed by atoms with van der Waals surface area (Å²) in [5.74, 6) is 0.170. The third kappa shape index (κ3) is 5.96. The number of nitrogen functional groups attached to an aromatic ring is 1. The molecule has 0 aliphatic carbocycles. The fraction of sp³-hybridized carbons (Fsp3) is 0.538. The number of amidine groups is 1. The number of piperidine rings is 1. The summed E-state index contributed by atoms with van der Waals surface area (Å²) < 4.78 is 0. The molecule has 7 nitrogen and oxygen atoms in total. The number of amides is 1. The first-order valence-corrected chi connectivity index (χ1v) is 13.2. The second-order valence-electron chi connectivity index (χ2n) is 9.86. The van der Waals surface area contributed by atoms with Crippen molar-refractivity contribution in [2.24, 2.45) is 5.73 Å². The molecule has 1 aromatic carbocycles. The number of nitrogens with zero attached hydrogens (tertiary/aromatic N) is 3. The molecule has 1 saturated heterocycles. The van der Waals surface area contributed by atoms with Crippen LogP contribution in [0.4, 0.5) is 5.69 Å². The van der Waals surface area contributed by atoms with Gasteiger partial charge in [-0.15, -0.1) is 11.8 Å². The van der Waals surface area contributed by atoms with E-state index in [4.69, 9.17) is 11.1 Å². The summed E-state index contributed by atoms with van der Waals surface area (Å²) in [6, 6.07) is 10.6. The standard InChI is InChI=1S/C26H36N6OS/c1-18-9-8-14-26(2,31-18)13-6-3-7-16-32-20-10-4-5-11-21(20)34-22(25(32)33)17-19-12-15-29-24(30-19)23(27)28/h4-5,10-12,15,18,22,31H,3,6-9,13-14,16-17H2,1-2H3,(H3,27,28)/t18-,22?,26+/m0/s1. The van der Waals surface area contributed by atoms with E-state index in [1.165, 1.54) is 32.1 Å². The zero-order chi connectivity index (χ0) is 24.1. The number of fused-ring (bicyclic) bond motifs is 1. The molecule has 1 aromatic heterocycles. The lowest BCUT2D eigenvalue weighted by atomic mass is 9.84. The number of benzene rings is 1. The van der Waals surface area contributed by atoms with Gasteiger partial charge in [-0.25, -0.2) is 9.97 Å². The average molecular weight is 481 g/mol. The van der Waals surface area contributed by atoms with Crippen LogP contribution in [-0.4, -0.2) is 45.1 Å². The Morgan fingerprint density at radius 1 is 1.29 bits per heavy atom. The molecule has 0 bridgehead atoms. The van der Waals surface area contributed by atoms with Gasteiger partial charge >= 0.3 is 0 Å². The molecule has 3 atom stereocenters. The number of thioether (sulfide) groups is 1. The monoisotopic (exact) mass is 480 g/mol. The molecule has 1 amide bonds. The Bertz CT molecular complexity index is 1030. The zero-order valence-corrected chi connectivity index (χ0v) is 21.0. The van der Waals surface area contributed by atoms with Crippen molar-refractivity contribution in [3.63, 3.8) is 0 Å². The Kier molecular flexibility index (Phi) is 7.88. The molecule has 182 valence electrons. The van der Waals surface area contributed by atoms with Gasteiger partial charge in [0.05, 0.1) is 10.9 Å². The minimum atomic E-state index is -0.253. The maximum atomic E-state index is 13.5. The van der Waals surface area contributed by atoms with Crippen molar-refractivity contribution in [3.05, 3.63) is 48.0 Å². The number of carbonyl (C=O) groups is 1. The van der Waals surface area contributed by atoms with Crippen molar-refractivity contribution >= 4 is 29.2 Å². The third-order valence-electron chi connectivity index (χ3n) is 6.89. The Balaban J connectivity index is 1.37. The first-order chi connectivity index (χ1) is 16.3. The maximum Gasteiger partial charge on any atom is 0.240 e. The van der Waals surface area contributed by atoms with Crippen LogP contribution in [0.5, 0.6) is 0 Å². The second kappa shape index (κ2) is 10.9. The van der Waals surface area contributed by atoms with Gasteiger partial charge < -0.3 is 16.0 Å². The highest BCUT2D eigenvalue weighted by atomic mass is 32.2. The molecule has 0 saturated carbocycles. The summed E-state index contributed by atoms with van der Waals surface area (Å²) in [5.41, 5.74) is 7.54. The number of carbonyl (C=O) groups excluding carboxylic acids is 1. The molecule has 0 spiro atoms. The molecule has 2 aliphatic rings. The topological polar surface area (TPSA) is 108 Å². The maximum absolute atomic E-state index is 13.5. The minimum absolute atomic E-state index is 0.126. The third-order valence-corrected chi connectivity index (χ3v) is 8.14. The van der Waals surface area contributed by atoms with Crippen LogP contribution in [0.2, 0.25) is 0 Å². The van der Waals surface area contributed by atoms with Crippen LogP contribution in [-0.2, 0) is 11.2 Å². The number of aromatic nitrogens is 2. The number of unbranched alkanes of at least 4 members (excludes halogenated alkanes) is 2. The van der Waals surface area contributed by atoms with Crippen molar-refractivity contribution in [2.45, 2.75) is 86.9 Å². The van der Waals surface area contributed by atoms with Crippen LogP contribution in [0.15, 0.2) is 41.4 Å². The van der Waals surface area contributed by atoms with Crippen LogP contribution in [0.3, 0.4) is 0 Å². The number of rotatable bonds is 9. The summed E-state index contributed by atoms with van der Waals surface area (Å²) in [4.78, 5) is 25.0. The highest BCUT2D eigenvalue weighted by Crippen LogP contribution is 2.40. The van der Waals surface area contributed by atoms with E-state index in [0.29, 0.717) is 12.5 Å². The van der Waals surface area contributed by atoms with Crippen LogP contribution < -0.4 is 16.0 Å². The van der Waals surface area contributed by atoms with Crippen LogP contribution in [0, 0.1) is 5.41 Å². The Morgan fingerprint density at radius 2 is 2.12 bits per heavy atom. The van der Waals surface area contributed by atoms with Crippen LogP contribution in [0.1, 0.15) is 70.3 Å². The molecule has 0 radical (unpaired) electrons. The first-order valence-electron chi connectivity index (χ1n) is 12.4. The fourth-order valence-electron chi connectivity index (χ4n) is 5.16. The fourth-order valence-corrected chi connectivity index (χ4v) is 6.41. The van der Waals surface area contributed by atoms with Crippen molar-refractivity contribution in [2.75, 3.05) is 11.4 Å². The van der Waals surface area contributed by atoms with Gasteiger partial charge in [0.25, 0.3) is 0 Å². The quantitative estimate of drug-likeness (QED) is 0.281. The van der Waals surface area contributed by atoms with E-state index < -0.39 is 0 Å². The average Bonchev–Trinajstić information content (AvgIpc) is 2.81. The number of hydrogen-bond acceptors (Lipinski definition) is 6. The number of hydrogen-bond donors (Lipinski definition) is 3. The van der Waals surface area contributed by atoms with Gasteiger partial charge in [0.15, 0.2) is 11.7 Å². The smallest absolute Gasteiger partial charge is 0.240 e. The molecule has 2 aliphatic heterocycles. The molecule has 4 rings (SSSR count). The van der Waals surface area contributed by atoms with Crippen LogP contribution >= 0.6 is 11.8 Å². The Labute approximate surface area is 206 Å². The molecule has 8 heteroatoms. The predicted octanol–water partition coefficient (Wildman–Crippen LogP) is 4.29. The Hall–Kier alpha value is -2.45. The van der Waals surface area contributed by atoms with Gasteiger partial charge in [-0.3, -0.25) is 10.2 Å². The van der Waals surface area contributed by atoms with E-state index in [9.17, 15) is 4.79 Å². The minimum Gasteiger partial charge on any atom is -0.381 e. The first kappa shape index (κ1) is 24.7. The van der Waals surface area contributed by atoms with E-state index in [0.717, 1.165) is 35.7 Å². The molecule has 2 aromatic rings. The van der Waals surface area contributed by atoms with Gasteiger partial charge in [-0.1, -0.05) is 31.4 Å². The Morgan fingerprint density at radius 3 is 2.91 bits per heavy atom. The summed E-state index contributed by atoms with van der Waals surface area (Å²) in [6.45, 7) is 5.38. The van der Waals surface area contributed by atoms with Crippen molar-refractivity contribution < 1.29 is 4.79 Å². The zero-order valence-electron chi connectivity index (χ0n) is 20.2. The highest BCUT2D eigenvalue weighted by Gasteiger charge is 2.34. The number of anilines is 1. The summed E-state index contributed by atoms with van der Waals surface area (Å²) >= 11 is 1.60. The van der Waals surface area contributed by atoms with Gasteiger partial charge in [-0.05, 0) is 57.7 Å². The van der Waals surface area contributed by atoms with Crippen molar-refractivity contribution in [3.8, 4) is 0 Å².